The number of carboxylic acids is 1. The van der Waals surface area contributed by atoms with Crippen LogP contribution in [0, 0.1) is 5.41 Å². The van der Waals surface area contributed by atoms with Crippen molar-refractivity contribution in [2.75, 3.05) is 32.8 Å². The summed E-state index contributed by atoms with van der Waals surface area (Å²) in [4.78, 5) is 13.0. The molecule has 1 aliphatic rings. The Morgan fingerprint density at radius 1 is 1.40 bits per heavy atom. The second-order valence-corrected chi connectivity index (χ2v) is 4.94. The van der Waals surface area contributed by atoms with Gasteiger partial charge in [0.25, 0.3) is 0 Å². The zero-order valence-electron chi connectivity index (χ0n) is 9.66. The second kappa shape index (κ2) is 5.47. The summed E-state index contributed by atoms with van der Waals surface area (Å²) in [5.41, 5.74) is -0.107. The van der Waals surface area contributed by atoms with E-state index in [0.29, 0.717) is 0 Å². The molecule has 1 saturated heterocycles. The number of carbonyl (C=O) groups is 1. The van der Waals surface area contributed by atoms with E-state index in [-0.39, 0.29) is 11.8 Å². The monoisotopic (exact) mass is 215 g/mol. The minimum absolute atomic E-state index is 0.107. The summed E-state index contributed by atoms with van der Waals surface area (Å²) in [5, 5.41) is 8.75. The molecule has 0 saturated carbocycles. The lowest BCUT2D eigenvalue weighted by Crippen LogP contribution is -2.38. The molecule has 0 aromatic carbocycles. The van der Waals surface area contributed by atoms with Gasteiger partial charge in [0.2, 0.25) is 0 Å². The van der Waals surface area contributed by atoms with E-state index in [1.54, 1.807) is 0 Å². The third-order valence-corrected chi connectivity index (χ3v) is 2.84. The molecule has 1 rings (SSSR count). The minimum Gasteiger partial charge on any atom is -0.481 e. The van der Waals surface area contributed by atoms with Crippen LogP contribution in [0.2, 0.25) is 0 Å². The summed E-state index contributed by atoms with van der Waals surface area (Å²) in [6.07, 6.45) is 1.18. The van der Waals surface area contributed by atoms with Gasteiger partial charge >= 0.3 is 5.97 Å². The van der Waals surface area contributed by atoms with E-state index in [9.17, 15) is 4.79 Å². The number of carboxylic acid groups (broad SMARTS) is 1. The zero-order valence-corrected chi connectivity index (χ0v) is 9.66. The Labute approximate surface area is 91.2 Å². The van der Waals surface area contributed by atoms with Crippen LogP contribution < -0.4 is 0 Å². The van der Waals surface area contributed by atoms with Crippen molar-refractivity contribution in [3.8, 4) is 0 Å². The van der Waals surface area contributed by atoms with Crippen molar-refractivity contribution in [3.05, 3.63) is 0 Å². The lowest BCUT2D eigenvalue weighted by atomic mass is 9.85. The van der Waals surface area contributed by atoms with E-state index in [1.165, 1.54) is 0 Å². The normalized spacial score (nSPS) is 19.1. The molecule has 0 amide bonds. The fourth-order valence-electron chi connectivity index (χ4n) is 1.78. The van der Waals surface area contributed by atoms with Crippen LogP contribution in [0.1, 0.15) is 26.7 Å². The van der Waals surface area contributed by atoms with Crippen molar-refractivity contribution in [3.63, 3.8) is 0 Å². The Morgan fingerprint density at radius 2 is 2.00 bits per heavy atom. The summed E-state index contributed by atoms with van der Waals surface area (Å²) in [6, 6.07) is 0. The predicted octanol–water partition coefficient (Wildman–Crippen LogP) is 1.21. The first-order valence-corrected chi connectivity index (χ1v) is 5.51. The number of ether oxygens (including phenoxy) is 1. The van der Waals surface area contributed by atoms with Gasteiger partial charge in [0.05, 0.1) is 19.6 Å². The van der Waals surface area contributed by atoms with Gasteiger partial charge in [-0.3, -0.25) is 9.69 Å². The van der Waals surface area contributed by atoms with Crippen LogP contribution in [0.5, 0.6) is 0 Å². The first-order chi connectivity index (χ1) is 6.99. The van der Waals surface area contributed by atoms with Crippen LogP contribution in [0.25, 0.3) is 0 Å². The third-order valence-electron chi connectivity index (χ3n) is 2.84. The van der Waals surface area contributed by atoms with Crippen molar-refractivity contribution in [1.82, 2.24) is 4.90 Å². The molecular formula is C11H21NO3. The molecule has 1 fully saturated rings. The van der Waals surface area contributed by atoms with Crippen LogP contribution in [0.3, 0.4) is 0 Å². The number of hydrogen-bond acceptors (Lipinski definition) is 3. The maximum absolute atomic E-state index is 10.6. The number of nitrogens with zero attached hydrogens (tertiary/aromatic N) is 1. The molecule has 4 nitrogen and oxygen atoms in total. The van der Waals surface area contributed by atoms with Gasteiger partial charge < -0.3 is 9.84 Å². The molecule has 0 bridgehead atoms. The van der Waals surface area contributed by atoms with Crippen LogP contribution >= 0.6 is 0 Å². The van der Waals surface area contributed by atoms with Crippen molar-refractivity contribution in [2.45, 2.75) is 26.7 Å². The maximum atomic E-state index is 10.6. The van der Waals surface area contributed by atoms with E-state index in [4.69, 9.17) is 9.84 Å². The lowest BCUT2D eigenvalue weighted by Gasteiger charge is -2.30. The first kappa shape index (κ1) is 12.5. The maximum Gasteiger partial charge on any atom is 0.303 e. The predicted molar refractivity (Wildman–Crippen MR) is 57.9 cm³/mol. The Hall–Kier alpha value is -0.610. The van der Waals surface area contributed by atoms with Crippen molar-refractivity contribution in [2.24, 2.45) is 5.41 Å². The number of morpholine rings is 1. The van der Waals surface area contributed by atoms with Crippen LogP contribution in [0.4, 0.5) is 0 Å². The van der Waals surface area contributed by atoms with E-state index in [2.05, 4.69) is 4.90 Å². The van der Waals surface area contributed by atoms with E-state index >= 15 is 0 Å². The molecule has 88 valence electrons. The highest BCUT2D eigenvalue weighted by molar-refractivity contribution is 5.67. The molecule has 0 aliphatic carbocycles. The van der Waals surface area contributed by atoms with Gasteiger partial charge in [-0.05, 0) is 18.4 Å². The summed E-state index contributed by atoms with van der Waals surface area (Å²) >= 11 is 0. The molecule has 0 aromatic heterocycles. The highest BCUT2D eigenvalue weighted by atomic mass is 16.5. The van der Waals surface area contributed by atoms with Gasteiger partial charge in [0.15, 0.2) is 0 Å². The largest absolute Gasteiger partial charge is 0.481 e. The number of aliphatic carboxylic acids is 1. The van der Waals surface area contributed by atoms with Crippen molar-refractivity contribution < 1.29 is 14.6 Å². The summed E-state index contributed by atoms with van der Waals surface area (Å²) in [7, 11) is 0. The number of hydrogen-bond donors (Lipinski definition) is 1. The molecule has 1 heterocycles. The van der Waals surface area contributed by atoms with Gasteiger partial charge in [0, 0.05) is 13.1 Å². The summed E-state index contributed by atoms with van der Waals surface area (Å²) < 4.78 is 5.26. The molecule has 0 aromatic rings. The number of rotatable bonds is 5. The van der Waals surface area contributed by atoms with Crippen molar-refractivity contribution in [1.29, 1.82) is 0 Å². The van der Waals surface area contributed by atoms with Crippen LogP contribution in [0.15, 0.2) is 0 Å². The second-order valence-electron chi connectivity index (χ2n) is 4.94. The molecule has 0 spiro atoms. The van der Waals surface area contributed by atoms with Crippen molar-refractivity contribution >= 4 is 5.97 Å². The summed E-state index contributed by atoms with van der Waals surface area (Å²) in [6.45, 7) is 8.57. The topological polar surface area (TPSA) is 49.8 Å². The molecule has 4 heteroatoms. The molecular weight excluding hydrogens is 194 g/mol. The standard InChI is InChI=1S/C11H21NO3/c1-11(2,9-10(13)14)3-4-12-5-7-15-8-6-12/h3-9H2,1-2H3,(H,13,14). The Morgan fingerprint density at radius 3 is 2.53 bits per heavy atom. The fourth-order valence-corrected chi connectivity index (χ4v) is 1.78. The molecule has 1 N–H and O–H groups in total. The smallest absolute Gasteiger partial charge is 0.303 e. The van der Waals surface area contributed by atoms with Crippen LogP contribution in [-0.4, -0.2) is 48.8 Å². The quantitative estimate of drug-likeness (QED) is 0.749. The average Bonchev–Trinajstić information content (AvgIpc) is 2.15. The van der Waals surface area contributed by atoms with Gasteiger partial charge in [0.1, 0.15) is 0 Å². The Balaban J connectivity index is 2.24. The molecule has 0 atom stereocenters. The van der Waals surface area contributed by atoms with Gasteiger partial charge in [-0.1, -0.05) is 13.8 Å². The zero-order chi connectivity index (χ0) is 11.3. The molecule has 15 heavy (non-hydrogen) atoms. The first-order valence-electron chi connectivity index (χ1n) is 5.51. The average molecular weight is 215 g/mol. The van der Waals surface area contributed by atoms with Gasteiger partial charge in [-0.25, -0.2) is 0 Å². The molecule has 0 radical (unpaired) electrons. The van der Waals surface area contributed by atoms with Gasteiger partial charge in [-0.15, -0.1) is 0 Å². The van der Waals surface area contributed by atoms with Gasteiger partial charge in [-0.2, -0.15) is 0 Å². The highest BCUT2D eigenvalue weighted by Crippen LogP contribution is 2.25. The van der Waals surface area contributed by atoms with E-state index < -0.39 is 5.97 Å². The van der Waals surface area contributed by atoms with E-state index in [0.717, 1.165) is 39.3 Å². The Bertz CT molecular complexity index is 210. The SMILES string of the molecule is CC(C)(CCN1CCOCC1)CC(=O)O. The molecule has 1 aliphatic heterocycles. The van der Waals surface area contributed by atoms with E-state index in [1.807, 2.05) is 13.8 Å². The molecule has 0 unspecified atom stereocenters. The highest BCUT2D eigenvalue weighted by Gasteiger charge is 2.23. The summed E-state index contributed by atoms with van der Waals surface area (Å²) in [5.74, 6) is -0.707. The third kappa shape index (κ3) is 5.14. The Kier molecular flexibility index (Phi) is 4.54. The van der Waals surface area contributed by atoms with Crippen LogP contribution in [-0.2, 0) is 9.53 Å². The fraction of sp³-hybridized carbons (Fsp3) is 0.909. The minimum atomic E-state index is -0.707. The lowest BCUT2D eigenvalue weighted by molar-refractivity contribution is -0.139.